The highest BCUT2D eigenvalue weighted by Crippen LogP contribution is 2.25. The van der Waals surface area contributed by atoms with E-state index in [0.29, 0.717) is 0 Å². The van der Waals surface area contributed by atoms with Gasteiger partial charge in [-0.3, -0.25) is 0 Å². The Morgan fingerprint density at radius 2 is 1.10 bits per heavy atom. The summed E-state index contributed by atoms with van der Waals surface area (Å²) in [4.78, 5) is 0. The molecular weight excluding hydrogens is 252 g/mol. The lowest BCUT2D eigenvalue weighted by atomic mass is 9.85. The van der Waals surface area contributed by atoms with E-state index in [1.54, 1.807) is 0 Å². The Kier molecular flexibility index (Phi) is 1.87. The van der Waals surface area contributed by atoms with Gasteiger partial charge in [0.25, 0.3) is 0 Å². The SMILES string of the molecule is CC1(C)C=c2ccc3c4c(ccc(c24)=C1)=c1ccccc1=3. The highest BCUT2D eigenvalue weighted by molar-refractivity contribution is 5.89. The van der Waals surface area contributed by atoms with Gasteiger partial charge in [-0.05, 0) is 42.1 Å². The predicted octanol–water partition coefficient (Wildman–Crippen LogP) is 3.33. The van der Waals surface area contributed by atoms with Crippen molar-refractivity contribution in [3.8, 4) is 0 Å². The second-order valence-corrected chi connectivity index (χ2v) is 6.81. The minimum atomic E-state index is 0.129. The van der Waals surface area contributed by atoms with Crippen molar-refractivity contribution in [3.05, 3.63) is 79.8 Å². The molecule has 3 aromatic rings. The van der Waals surface area contributed by atoms with E-state index in [2.05, 4.69) is 74.5 Å². The maximum Gasteiger partial charge on any atom is 0.00228 e. The average Bonchev–Trinajstić information content (AvgIpc) is 2.79. The maximum absolute atomic E-state index is 2.39. The van der Waals surface area contributed by atoms with Gasteiger partial charge in [-0.25, -0.2) is 0 Å². The van der Waals surface area contributed by atoms with Crippen molar-refractivity contribution in [1.82, 2.24) is 0 Å². The van der Waals surface area contributed by atoms with Crippen LogP contribution < -0.4 is 10.4 Å². The van der Waals surface area contributed by atoms with Crippen molar-refractivity contribution in [2.24, 2.45) is 5.41 Å². The highest BCUT2D eigenvalue weighted by atomic mass is 14.2. The van der Waals surface area contributed by atoms with Crippen LogP contribution in [0.3, 0.4) is 0 Å². The van der Waals surface area contributed by atoms with Crippen LogP contribution in [0.1, 0.15) is 13.8 Å². The molecule has 21 heavy (non-hydrogen) atoms. The van der Waals surface area contributed by atoms with Crippen molar-refractivity contribution >= 4 is 22.9 Å². The topological polar surface area (TPSA) is 0 Å². The Labute approximate surface area is 122 Å². The molecule has 0 heteroatoms. The summed E-state index contributed by atoms with van der Waals surface area (Å²) in [5.74, 6) is 0. The molecular formula is C21H16. The Bertz CT molecular complexity index is 1150. The summed E-state index contributed by atoms with van der Waals surface area (Å²) < 4.78 is 0. The van der Waals surface area contributed by atoms with Crippen LogP contribution in [-0.2, 0) is 0 Å². The zero-order valence-electron chi connectivity index (χ0n) is 12.3. The van der Waals surface area contributed by atoms with Gasteiger partial charge in [0.1, 0.15) is 0 Å². The van der Waals surface area contributed by atoms with Crippen LogP contribution in [0.25, 0.3) is 22.9 Å². The van der Waals surface area contributed by atoms with E-state index in [1.807, 2.05) is 0 Å². The van der Waals surface area contributed by atoms with Gasteiger partial charge in [0.2, 0.25) is 0 Å². The Morgan fingerprint density at radius 1 is 0.571 bits per heavy atom. The van der Waals surface area contributed by atoms with Gasteiger partial charge in [-0.2, -0.15) is 0 Å². The molecule has 0 unspecified atom stereocenters. The van der Waals surface area contributed by atoms with E-state index in [1.165, 1.54) is 42.1 Å². The Balaban J connectivity index is 2.26. The van der Waals surface area contributed by atoms with Gasteiger partial charge < -0.3 is 0 Å². The van der Waals surface area contributed by atoms with E-state index in [4.69, 9.17) is 0 Å². The summed E-state index contributed by atoms with van der Waals surface area (Å²) >= 11 is 0. The maximum atomic E-state index is 2.39. The third-order valence-corrected chi connectivity index (χ3v) is 4.79. The molecule has 0 aromatic heterocycles. The summed E-state index contributed by atoms with van der Waals surface area (Å²) in [6, 6.07) is 17.9. The fraction of sp³-hybridized carbons (Fsp3) is 0.143. The molecule has 0 saturated carbocycles. The van der Waals surface area contributed by atoms with Crippen molar-refractivity contribution in [3.63, 3.8) is 0 Å². The van der Waals surface area contributed by atoms with Crippen molar-refractivity contribution in [2.75, 3.05) is 0 Å². The number of rotatable bonds is 0. The molecule has 0 spiro atoms. The largest absolute Gasteiger partial charge is 0.0671 e. The number of hydrogen-bond acceptors (Lipinski definition) is 0. The van der Waals surface area contributed by atoms with Gasteiger partial charge in [-0.15, -0.1) is 0 Å². The average molecular weight is 268 g/mol. The third-order valence-electron chi connectivity index (χ3n) is 4.79. The lowest BCUT2D eigenvalue weighted by Gasteiger charge is -2.19. The van der Waals surface area contributed by atoms with Gasteiger partial charge in [-0.1, -0.05) is 74.5 Å². The third kappa shape index (κ3) is 1.35. The van der Waals surface area contributed by atoms with Crippen molar-refractivity contribution in [2.45, 2.75) is 13.8 Å². The highest BCUT2D eigenvalue weighted by Gasteiger charge is 2.17. The predicted molar refractivity (Wildman–Crippen MR) is 87.7 cm³/mol. The zero-order valence-corrected chi connectivity index (χ0v) is 12.3. The van der Waals surface area contributed by atoms with Crippen LogP contribution in [0.2, 0.25) is 0 Å². The molecule has 2 aliphatic carbocycles. The molecule has 0 heterocycles. The van der Waals surface area contributed by atoms with Gasteiger partial charge in [0, 0.05) is 5.41 Å². The normalized spacial score (nSPS) is 16.3. The summed E-state index contributed by atoms with van der Waals surface area (Å²) in [5.41, 5.74) is 0.129. The first-order valence-corrected chi connectivity index (χ1v) is 7.55. The van der Waals surface area contributed by atoms with Crippen LogP contribution in [0.15, 0.2) is 48.5 Å². The molecule has 0 bridgehead atoms. The van der Waals surface area contributed by atoms with E-state index in [0.717, 1.165) is 0 Å². The molecule has 0 fully saturated rings. The fourth-order valence-electron chi connectivity index (χ4n) is 4.03. The summed E-state index contributed by atoms with van der Waals surface area (Å²) in [6.07, 6.45) is 4.79. The van der Waals surface area contributed by atoms with Gasteiger partial charge in [0.15, 0.2) is 0 Å². The molecule has 0 nitrogen and oxygen atoms in total. The molecule has 0 saturated heterocycles. The van der Waals surface area contributed by atoms with E-state index >= 15 is 0 Å². The standard InChI is InChI=1S/C21H16/c1-21(2)11-13-7-9-17-15-5-3-4-6-16(15)18-10-8-14(12-21)19(13)20(17)18/h3-12H,1-2H3. The van der Waals surface area contributed by atoms with Crippen molar-refractivity contribution < 1.29 is 0 Å². The molecule has 100 valence electrons. The molecule has 0 radical (unpaired) electrons. The first-order valence-electron chi connectivity index (χ1n) is 7.55. The van der Waals surface area contributed by atoms with Gasteiger partial charge >= 0.3 is 0 Å². The van der Waals surface area contributed by atoms with Crippen molar-refractivity contribution in [1.29, 1.82) is 0 Å². The van der Waals surface area contributed by atoms with E-state index < -0.39 is 0 Å². The first-order chi connectivity index (χ1) is 10.1. The van der Waals surface area contributed by atoms with E-state index in [9.17, 15) is 0 Å². The minimum Gasteiger partial charge on any atom is -0.0671 e. The second-order valence-electron chi connectivity index (χ2n) is 6.81. The lowest BCUT2D eigenvalue weighted by molar-refractivity contribution is 0.713. The van der Waals surface area contributed by atoms with Crippen LogP contribution in [0, 0.1) is 26.3 Å². The molecule has 3 aromatic carbocycles. The van der Waals surface area contributed by atoms with Crippen LogP contribution in [0.5, 0.6) is 0 Å². The quantitative estimate of drug-likeness (QED) is 0.459. The molecule has 0 amide bonds. The second kappa shape index (κ2) is 3.46. The van der Waals surface area contributed by atoms with Crippen LogP contribution in [-0.4, -0.2) is 0 Å². The summed E-state index contributed by atoms with van der Waals surface area (Å²) in [5, 5.41) is 11.2. The van der Waals surface area contributed by atoms with Gasteiger partial charge in [0.05, 0.1) is 0 Å². The summed E-state index contributed by atoms with van der Waals surface area (Å²) in [6.45, 7) is 4.55. The number of hydrogen-bond donors (Lipinski definition) is 0. The Hall–Kier alpha value is -2.34. The minimum absolute atomic E-state index is 0.129. The molecule has 0 atom stereocenters. The molecule has 2 aliphatic rings. The Morgan fingerprint density at radius 3 is 1.62 bits per heavy atom. The molecule has 5 rings (SSSR count). The molecule has 0 aliphatic heterocycles. The van der Waals surface area contributed by atoms with Crippen LogP contribution in [0.4, 0.5) is 0 Å². The first kappa shape index (κ1) is 11.3. The zero-order chi connectivity index (χ0) is 14.2. The number of benzene rings is 3. The number of fused-ring (bicyclic) bond motifs is 1. The van der Waals surface area contributed by atoms with E-state index in [-0.39, 0.29) is 5.41 Å². The summed E-state index contributed by atoms with van der Waals surface area (Å²) in [7, 11) is 0. The monoisotopic (exact) mass is 268 g/mol. The van der Waals surface area contributed by atoms with Crippen LogP contribution >= 0.6 is 0 Å². The molecule has 0 N–H and O–H groups in total. The lowest BCUT2D eigenvalue weighted by Crippen LogP contribution is -2.24. The fourth-order valence-corrected chi connectivity index (χ4v) is 4.03. The smallest absolute Gasteiger partial charge is 0.00228 e.